The molecule has 2 rings (SSSR count). The fraction of sp³-hybridized carbons (Fsp3) is 0.533. The van der Waals surface area contributed by atoms with Crippen molar-refractivity contribution in [3.63, 3.8) is 0 Å². The summed E-state index contributed by atoms with van der Waals surface area (Å²) in [4.78, 5) is 11.2. The van der Waals surface area contributed by atoms with Crippen LogP contribution in [0, 0.1) is 5.41 Å². The highest BCUT2D eigenvalue weighted by Crippen LogP contribution is 2.39. The van der Waals surface area contributed by atoms with Crippen LogP contribution >= 0.6 is 11.6 Å². The van der Waals surface area contributed by atoms with Crippen LogP contribution in [-0.4, -0.2) is 24.3 Å². The zero-order valence-corrected chi connectivity index (χ0v) is 12.9. The Kier molecular flexibility index (Phi) is 4.64. The first-order valence-corrected chi connectivity index (χ1v) is 7.27. The maximum atomic E-state index is 11.2. The summed E-state index contributed by atoms with van der Waals surface area (Å²) in [6.45, 7) is 4.45. The second-order valence-corrected chi connectivity index (χ2v) is 6.28. The third-order valence-corrected chi connectivity index (χ3v) is 3.90. The van der Waals surface area contributed by atoms with E-state index in [1.54, 1.807) is 26.0 Å². The van der Waals surface area contributed by atoms with Crippen molar-refractivity contribution in [1.82, 2.24) is 0 Å². The zero-order valence-electron chi connectivity index (χ0n) is 12.2. The van der Waals surface area contributed by atoms with Gasteiger partial charge in [-0.25, -0.2) is 0 Å². The Morgan fingerprint density at radius 1 is 1.38 bits per heavy atom. The van der Waals surface area contributed by atoms with Gasteiger partial charge in [0.1, 0.15) is 0 Å². The molecule has 21 heavy (non-hydrogen) atoms. The van der Waals surface area contributed by atoms with Gasteiger partial charge in [0.15, 0.2) is 11.5 Å². The smallest absolute Gasteiger partial charge is 0.309 e. The van der Waals surface area contributed by atoms with E-state index < -0.39 is 17.4 Å². The number of hydrogen-bond donors (Lipinski definition) is 2. The van der Waals surface area contributed by atoms with Crippen LogP contribution in [0.15, 0.2) is 12.1 Å². The average molecular weight is 314 g/mol. The Morgan fingerprint density at radius 3 is 2.52 bits per heavy atom. The van der Waals surface area contributed by atoms with Gasteiger partial charge in [0.2, 0.25) is 0 Å². The fourth-order valence-corrected chi connectivity index (χ4v) is 2.52. The van der Waals surface area contributed by atoms with Gasteiger partial charge in [-0.15, -0.1) is 0 Å². The Balaban J connectivity index is 2.27. The molecule has 6 heteroatoms. The number of fused-ring (bicyclic) bond motifs is 1. The van der Waals surface area contributed by atoms with E-state index in [0.717, 1.165) is 6.42 Å². The summed E-state index contributed by atoms with van der Waals surface area (Å²) in [5, 5.41) is 9.67. The molecule has 1 unspecified atom stereocenters. The Bertz CT molecular complexity index is 545. The molecule has 0 aliphatic carbocycles. The van der Waals surface area contributed by atoms with Crippen molar-refractivity contribution in [2.75, 3.05) is 13.2 Å². The van der Waals surface area contributed by atoms with Crippen LogP contribution in [0.5, 0.6) is 11.5 Å². The van der Waals surface area contributed by atoms with Gasteiger partial charge >= 0.3 is 5.97 Å². The summed E-state index contributed by atoms with van der Waals surface area (Å²) in [6, 6.07) is 2.96. The number of hydrogen-bond acceptors (Lipinski definition) is 4. The van der Waals surface area contributed by atoms with Gasteiger partial charge in [0.05, 0.1) is 18.6 Å². The van der Waals surface area contributed by atoms with Crippen molar-refractivity contribution in [2.45, 2.75) is 32.7 Å². The zero-order chi connectivity index (χ0) is 15.6. The van der Waals surface area contributed by atoms with Gasteiger partial charge in [-0.1, -0.05) is 11.6 Å². The van der Waals surface area contributed by atoms with Crippen LogP contribution in [0.25, 0.3) is 0 Å². The van der Waals surface area contributed by atoms with E-state index in [4.69, 9.17) is 26.8 Å². The largest absolute Gasteiger partial charge is 0.490 e. The lowest BCUT2D eigenvalue weighted by molar-refractivity contribution is -0.147. The lowest BCUT2D eigenvalue weighted by Crippen LogP contribution is -2.29. The SMILES string of the molecule is CC(C)(CC(N)c1cc2c(cc1Cl)OCCCO2)C(=O)O. The van der Waals surface area contributed by atoms with Gasteiger partial charge < -0.3 is 20.3 Å². The molecule has 1 heterocycles. The summed E-state index contributed by atoms with van der Waals surface area (Å²) in [5.41, 5.74) is 5.90. The quantitative estimate of drug-likeness (QED) is 0.893. The Hall–Kier alpha value is -1.46. The molecule has 0 aromatic heterocycles. The van der Waals surface area contributed by atoms with Crippen molar-refractivity contribution in [2.24, 2.45) is 11.1 Å². The van der Waals surface area contributed by atoms with Crippen LogP contribution < -0.4 is 15.2 Å². The van der Waals surface area contributed by atoms with Gasteiger partial charge in [-0.2, -0.15) is 0 Å². The monoisotopic (exact) mass is 313 g/mol. The molecule has 0 radical (unpaired) electrons. The van der Waals surface area contributed by atoms with Crippen LogP contribution in [0.2, 0.25) is 5.02 Å². The van der Waals surface area contributed by atoms with Crippen LogP contribution in [0.3, 0.4) is 0 Å². The fourth-order valence-electron chi connectivity index (χ4n) is 2.23. The molecule has 0 spiro atoms. The summed E-state index contributed by atoms with van der Waals surface area (Å²) >= 11 is 6.25. The first kappa shape index (κ1) is 15.9. The standard InChI is InChI=1S/C15H20ClNO4/c1-15(2,14(18)19)8-11(17)9-6-12-13(7-10(9)16)21-5-3-4-20-12/h6-7,11H,3-5,8,17H2,1-2H3,(H,18,19). The molecule has 1 atom stereocenters. The normalized spacial score (nSPS) is 16.2. The first-order valence-electron chi connectivity index (χ1n) is 6.89. The summed E-state index contributed by atoms with van der Waals surface area (Å²) in [5.74, 6) is 0.324. The van der Waals surface area contributed by atoms with E-state index in [1.165, 1.54) is 0 Å². The third-order valence-electron chi connectivity index (χ3n) is 3.58. The number of benzene rings is 1. The molecule has 0 saturated carbocycles. The second kappa shape index (κ2) is 6.12. The number of halogens is 1. The number of ether oxygens (including phenoxy) is 2. The molecular formula is C15H20ClNO4. The number of carbonyl (C=O) groups is 1. The van der Waals surface area contributed by atoms with Gasteiger partial charge in [0.25, 0.3) is 0 Å². The minimum Gasteiger partial charge on any atom is -0.490 e. The van der Waals surface area contributed by atoms with E-state index in [1.807, 2.05) is 0 Å². The second-order valence-electron chi connectivity index (χ2n) is 5.87. The van der Waals surface area contributed by atoms with E-state index in [9.17, 15) is 9.90 Å². The van der Waals surface area contributed by atoms with Crippen molar-refractivity contribution >= 4 is 17.6 Å². The highest BCUT2D eigenvalue weighted by molar-refractivity contribution is 6.31. The number of rotatable bonds is 4. The molecule has 3 N–H and O–H groups in total. The molecule has 1 aromatic carbocycles. The van der Waals surface area contributed by atoms with Crippen LogP contribution in [0.4, 0.5) is 0 Å². The van der Waals surface area contributed by atoms with E-state index in [2.05, 4.69) is 0 Å². The number of nitrogens with two attached hydrogens (primary N) is 1. The summed E-state index contributed by atoms with van der Waals surface area (Å²) in [7, 11) is 0. The number of carboxylic acid groups (broad SMARTS) is 1. The molecule has 1 aliphatic heterocycles. The minimum atomic E-state index is -0.924. The highest BCUT2D eigenvalue weighted by atomic mass is 35.5. The Labute approximate surface area is 129 Å². The molecule has 1 aromatic rings. The summed E-state index contributed by atoms with van der Waals surface area (Å²) < 4.78 is 11.2. The van der Waals surface area contributed by atoms with Crippen molar-refractivity contribution in [3.05, 3.63) is 22.7 Å². The molecule has 116 valence electrons. The molecular weight excluding hydrogens is 294 g/mol. The van der Waals surface area contributed by atoms with Gasteiger partial charge in [-0.3, -0.25) is 4.79 Å². The molecule has 0 amide bonds. The predicted molar refractivity (Wildman–Crippen MR) is 80.0 cm³/mol. The predicted octanol–water partition coefficient (Wildman–Crippen LogP) is 3.00. The third kappa shape index (κ3) is 3.60. The van der Waals surface area contributed by atoms with Gasteiger partial charge in [-0.05, 0) is 31.9 Å². The van der Waals surface area contributed by atoms with Crippen molar-refractivity contribution < 1.29 is 19.4 Å². The van der Waals surface area contributed by atoms with Crippen LogP contribution in [-0.2, 0) is 4.79 Å². The lowest BCUT2D eigenvalue weighted by atomic mass is 9.84. The topological polar surface area (TPSA) is 81.8 Å². The molecule has 0 saturated heterocycles. The maximum absolute atomic E-state index is 11.2. The molecule has 5 nitrogen and oxygen atoms in total. The molecule has 0 bridgehead atoms. The average Bonchev–Trinajstić information content (AvgIpc) is 2.61. The summed E-state index contributed by atoms with van der Waals surface area (Å²) in [6.07, 6.45) is 1.08. The van der Waals surface area contributed by atoms with Crippen LogP contribution in [0.1, 0.15) is 38.3 Å². The number of carboxylic acids is 1. The maximum Gasteiger partial charge on any atom is 0.309 e. The van der Waals surface area contributed by atoms with E-state index >= 15 is 0 Å². The van der Waals surface area contributed by atoms with E-state index in [-0.39, 0.29) is 6.42 Å². The van der Waals surface area contributed by atoms with E-state index in [0.29, 0.717) is 35.3 Å². The van der Waals surface area contributed by atoms with Crippen molar-refractivity contribution in [1.29, 1.82) is 0 Å². The number of aliphatic carboxylic acids is 1. The minimum absolute atomic E-state index is 0.279. The lowest BCUT2D eigenvalue weighted by Gasteiger charge is -2.24. The highest BCUT2D eigenvalue weighted by Gasteiger charge is 2.31. The van der Waals surface area contributed by atoms with Crippen molar-refractivity contribution in [3.8, 4) is 11.5 Å². The molecule has 1 aliphatic rings. The Morgan fingerprint density at radius 2 is 1.95 bits per heavy atom. The molecule has 0 fully saturated rings. The van der Waals surface area contributed by atoms with Gasteiger partial charge in [0, 0.05) is 23.6 Å². The first-order chi connectivity index (χ1) is 9.81.